The van der Waals surface area contributed by atoms with Gasteiger partial charge in [0.15, 0.2) is 0 Å². The number of aromatic hydroxyl groups is 1. The first-order valence-electron chi connectivity index (χ1n) is 6.87. The van der Waals surface area contributed by atoms with Crippen LogP contribution >= 0.6 is 0 Å². The summed E-state index contributed by atoms with van der Waals surface area (Å²) in [6.45, 7) is 0.302. The topological polar surface area (TPSA) is 90.1 Å². The van der Waals surface area contributed by atoms with E-state index in [1.807, 2.05) is 0 Å². The normalized spacial score (nSPS) is 10.5. The van der Waals surface area contributed by atoms with E-state index in [1.54, 1.807) is 47.5 Å². The molecule has 0 spiro atoms. The minimum absolute atomic E-state index is 0.0463. The molecule has 0 aliphatic carbocycles. The monoisotopic (exact) mass is 310 g/mol. The molecular weight excluding hydrogens is 296 g/mol. The summed E-state index contributed by atoms with van der Waals surface area (Å²) in [6.07, 6.45) is 4.57. The van der Waals surface area contributed by atoms with Crippen molar-refractivity contribution in [2.45, 2.75) is 6.54 Å². The summed E-state index contributed by atoms with van der Waals surface area (Å²) < 4.78 is 6.29. The highest BCUT2D eigenvalue weighted by Crippen LogP contribution is 2.31. The van der Waals surface area contributed by atoms with Gasteiger partial charge < -0.3 is 9.84 Å². The maximum atomic E-state index is 11.6. The molecule has 23 heavy (non-hydrogen) atoms. The van der Waals surface area contributed by atoms with E-state index in [0.29, 0.717) is 28.9 Å². The van der Waals surface area contributed by atoms with Crippen molar-refractivity contribution in [1.82, 2.24) is 19.7 Å². The second-order valence-electron chi connectivity index (χ2n) is 4.82. The smallest absolute Gasteiger partial charge is 0.337 e. The van der Waals surface area contributed by atoms with Gasteiger partial charge in [-0.3, -0.25) is 4.98 Å². The van der Waals surface area contributed by atoms with E-state index in [0.717, 1.165) is 0 Å². The summed E-state index contributed by atoms with van der Waals surface area (Å²) in [5.74, 6) is -0.381. The van der Waals surface area contributed by atoms with Crippen molar-refractivity contribution in [1.29, 1.82) is 0 Å². The number of pyridine rings is 1. The summed E-state index contributed by atoms with van der Waals surface area (Å²) >= 11 is 0. The zero-order valence-electron chi connectivity index (χ0n) is 12.4. The maximum Gasteiger partial charge on any atom is 0.337 e. The third-order valence-corrected chi connectivity index (χ3v) is 3.37. The number of hydrogen-bond acceptors (Lipinski definition) is 6. The Morgan fingerprint density at radius 2 is 2.22 bits per heavy atom. The molecule has 0 aliphatic rings. The quantitative estimate of drug-likeness (QED) is 0.740. The molecule has 116 valence electrons. The lowest BCUT2D eigenvalue weighted by molar-refractivity contribution is 0.0601. The van der Waals surface area contributed by atoms with Crippen LogP contribution in [0.3, 0.4) is 0 Å². The molecule has 0 fully saturated rings. The molecule has 2 heterocycles. The fraction of sp³-hybridized carbons (Fsp3) is 0.125. The Labute approximate surface area is 132 Å². The van der Waals surface area contributed by atoms with Crippen LogP contribution in [0, 0.1) is 0 Å². The van der Waals surface area contributed by atoms with Gasteiger partial charge in [-0.25, -0.2) is 14.5 Å². The largest absolute Gasteiger partial charge is 0.505 e. The van der Waals surface area contributed by atoms with Crippen molar-refractivity contribution in [2.24, 2.45) is 0 Å². The van der Waals surface area contributed by atoms with E-state index in [-0.39, 0.29) is 5.75 Å². The van der Waals surface area contributed by atoms with Gasteiger partial charge in [0.1, 0.15) is 24.1 Å². The molecule has 0 saturated carbocycles. The van der Waals surface area contributed by atoms with Crippen molar-refractivity contribution in [3.05, 3.63) is 60.4 Å². The van der Waals surface area contributed by atoms with E-state index in [1.165, 1.54) is 13.4 Å². The van der Waals surface area contributed by atoms with E-state index in [9.17, 15) is 9.90 Å². The van der Waals surface area contributed by atoms with Gasteiger partial charge in [-0.2, -0.15) is 5.10 Å². The first-order chi connectivity index (χ1) is 11.2. The predicted octanol–water partition coefficient (Wildman–Crippen LogP) is 1.88. The summed E-state index contributed by atoms with van der Waals surface area (Å²) in [7, 11) is 1.33. The van der Waals surface area contributed by atoms with Crippen LogP contribution in [0.15, 0.2) is 49.2 Å². The van der Waals surface area contributed by atoms with E-state index >= 15 is 0 Å². The van der Waals surface area contributed by atoms with Crippen molar-refractivity contribution >= 4 is 5.97 Å². The number of nitrogens with zero attached hydrogens (tertiary/aromatic N) is 4. The van der Waals surface area contributed by atoms with E-state index < -0.39 is 5.97 Å². The maximum absolute atomic E-state index is 11.6. The molecule has 2 aromatic heterocycles. The van der Waals surface area contributed by atoms with E-state index in [4.69, 9.17) is 4.74 Å². The van der Waals surface area contributed by atoms with Crippen molar-refractivity contribution in [2.75, 3.05) is 7.11 Å². The Morgan fingerprint density at radius 3 is 2.96 bits per heavy atom. The molecule has 0 radical (unpaired) electrons. The van der Waals surface area contributed by atoms with Crippen LogP contribution in [-0.2, 0) is 11.3 Å². The Morgan fingerprint density at radius 1 is 1.35 bits per heavy atom. The summed E-state index contributed by atoms with van der Waals surface area (Å²) in [6, 6.07) is 8.56. The standard InChI is InChI=1S/C16H14N4O3/c1-23-16(22)12-4-2-3-11(7-12)13-5-6-18-14(15(13)21)8-20-10-17-9-19-20/h2-7,9-10,21H,8H2,1H3. The number of hydrogen-bond donors (Lipinski definition) is 1. The fourth-order valence-corrected chi connectivity index (χ4v) is 2.25. The summed E-state index contributed by atoms with van der Waals surface area (Å²) in [5, 5.41) is 14.5. The zero-order valence-corrected chi connectivity index (χ0v) is 12.4. The number of carbonyl (C=O) groups excluding carboxylic acids is 1. The third kappa shape index (κ3) is 3.03. The fourth-order valence-electron chi connectivity index (χ4n) is 2.25. The Balaban J connectivity index is 1.99. The van der Waals surface area contributed by atoms with Crippen LogP contribution < -0.4 is 0 Å². The van der Waals surface area contributed by atoms with Gasteiger partial charge in [0.05, 0.1) is 19.2 Å². The minimum Gasteiger partial charge on any atom is -0.505 e. The predicted molar refractivity (Wildman–Crippen MR) is 81.8 cm³/mol. The van der Waals surface area contributed by atoms with Gasteiger partial charge in [0.25, 0.3) is 0 Å². The molecule has 0 amide bonds. The van der Waals surface area contributed by atoms with Gasteiger partial charge in [-0.05, 0) is 23.8 Å². The number of aromatic nitrogens is 4. The molecule has 0 unspecified atom stereocenters. The molecule has 3 rings (SSSR count). The number of rotatable bonds is 4. The van der Waals surface area contributed by atoms with Gasteiger partial charge in [-0.1, -0.05) is 12.1 Å². The van der Waals surface area contributed by atoms with Crippen molar-refractivity contribution in [3.63, 3.8) is 0 Å². The van der Waals surface area contributed by atoms with Gasteiger partial charge in [-0.15, -0.1) is 0 Å². The number of carbonyl (C=O) groups is 1. The van der Waals surface area contributed by atoms with Crippen LogP contribution in [0.1, 0.15) is 16.1 Å². The summed E-state index contributed by atoms with van der Waals surface area (Å²) in [4.78, 5) is 19.7. The molecule has 1 N–H and O–H groups in total. The first-order valence-corrected chi connectivity index (χ1v) is 6.87. The first kappa shape index (κ1) is 14.7. The number of ether oxygens (including phenoxy) is 1. The zero-order chi connectivity index (χ0) is 16.2. The molecule has 0 atom stereocenters. The third-order valence-electron chi connectivity index (χ3n) is 3.37. The van der Waals surface area contributed by atoms with E-state index in [2.05, 4.69) is 15.1 Å². The molecule has 7 nitrogen and oxygen atoms in total. The molecule has 1 aromatic carbocycles. The lowest BCUT2D eigenvalue weighted by atomic mass is 10.0. The minimum atomic E-state index is -0.428. The highest BCUT2D eigenvalue weighted by molar-refractivity contribution is 5.91. The Hall–Kier alpha value is -3.22. The highest BCUT2D eigenvalue weighted by atomic mass is 16.5. The van der Waals surface area contributed by atoms with Crippen LogP contribution in [-0.4, -0.2) is 37.9 Å². The lowest BCUT2D eigenvalue weighted by Crippen LogP contribution is -2.03. The SMILES string of the molecule is COC(=O)c1cccc(-c2ccnc(Cn3cncn3)c2O)c1. The molecule has 7 heteroatoms. The van der Waals surface area contributed by atoms with Crippen LogP contribution in [0.5, 0.6) is 5.75 Å². The van der Waals surface area contributed by atoms with Crippen LogP contribution in [0.25, 0.3) is 11.1 Å². The number of esters is 1. The van der Waals surface area contributed by atoms with Gasteiger partial charge in [0.2, 0.25) is 0 Å². The van der Waals surface area contributed by atoms with Crippen LogP contribution in [0.2, 0.25) is 0 Å². The average molecular weight is 310 g/mol. The number of methoxy groups -OCH3 is 1. The summed E-state index contributed by atoms with van der Waals surface area (Å²) in [5.41, 5.74) is 2.17. The number of benzene rings is 1. The molecule has 3 aromatic rings. The Bertz CT molecular complexity index is 831. The van der Waals surface area contributed by atoms with Gasteiger partial charge >= 0.3 is 5.97 Å². The highest BCUT2D eigenvalue weighted by Gasteiger charge is 2.13. The average Bonchev–Trinajstić information content (AvgIpc) is 3.09. The van der Waals surface area contributed by atoms with Crippen molar-refractivity contribution in [3.8, 4) is 16.9 Å². The Kier molecular flexibility index (Phi) is 4.01. The van der Waals surface area contributed by atoms with Crippen molar-refractivity contribution < 1.29 is 14.6 Å². The molecule has 0 bridgehead atoms. The second kappa shape index (κ2) is 6.27. The lowest BCUT2D eigenvalue weighted by Gasteiger charge is -2.10. The van der Waals surface area contributed by atoms with Crippen LogP contribution in [0.4, 0.5) is 0 Å². The molecular formula is C16H14N4O3. The second-order valence-corrected chi connectivity index (χ2v) is 4.82. The molecule has 0 aliphatic heterocycles. The van der Waals surface area contributed by atoms with Gasteiger partial charge in [0, 0.05) is 11.8 Å². The molecule has 0 saturated heterocycles.